The number of anilines is 1. The fourth-order valence-corrected chi connectivity index (χ4v) is 2.59. The Bertz CT molecular complexity index is 439. The maximum absolute atomic E-state index is 12.0. The molecule has 0 aromatic heterocycles. The van der Waals surface area contributed by atoms with Crippen molar-refractivity contribution in [3.8, 4) is 5.75 Å². The monoisotopic (exact) mass is 291 g/mol. The number of amides is 1. The van der Waals surface area contributed by atoms with E-state index in [1.54, 1.807) is 0 Å². The zero-order valence-corrected chi connectivity index (χ0v) is 12.7. The number of rotatable bonds is 6. The van der Waals surface area contributed by atoms with Gasteiger partial charge in [0.25, 0.3) is 0 Å². The largest absolute Gasteiger partial charge is 0.494 e. The quantitative estimate of drug-likeness (QED) is 0.837. The van der Waals surface area contributed by atoms with Gasteiger partial charge in [-0.15, -0.1) is 0 Å². The van der Waals surface area contributed by atoms with E-state index < -0.39 is 0 Å². The average Bonchev–Trinajstić information content (AvgIpc) is 2.50. The number of carbonyl (C=O) groups excluding carboxylic acids is 1. The lowest BCUT2D eigenvalue weighted by Gasteiger charge is -2.30. The van der Waals surface area contributed by atoms with E-state index in [0.29, 0.717) is 19.1 Å². The Hall–Kier alpha value is -1.59. The second-order valence-electron chi connectivity index (χ2n) is 5.46. The molecule has 0 saturated carbocycles. The number of nitrogens with one attached hydrogen (secondary N) is 1. The lowest BCUT2D eigenvalue weighted by Crippen LogP contribution is -2.40. The van der Waals surface area contributed by atoms with Crippen LogP contribution in [0.1, 0.15) is 19.8 Å². The molecule has 1 saturated heterocycles. The fourth-order valence-electron chi connectivity index (χ4n) is 2.59. The molecule has 0 radical (unpaired) electrons. The normalized spacial score (nSPS) is 16.7. The van der Waals surface area contributed by atoms with E-state index in [0.717, 1.165) is 43.9 Å². The third kappa shape index (κ3) is 5.02. The summed E-state index contributed by atoms with van der Waals surface area (Å²) in [6.45, 7) is 5.71. The molecule has 0 unspecified atom stereocenters. The Balaban J connectivity index is 1.76. The lowest BCUT2D eigenvalue weighted by molar-refractivity contribution is -0.117. The van der Waals surface area contributed by atoms with Gasteiger partial charge in [0, 0.05) is 5.69 Å². The van der Waals surface area contributed by atoms with Crippen LogP contribution in [0.4, 0.5) is 5.69 Å². The Morgan fingerprint density at radius 1 is 1.33 bits per heavy atom. The lowest BCUT2D eigenvalue weighted by atomic mass is 9.97. The highest BCUT2D eigenvalue weighted by atomic mass is 16.5. The number of carbonyl (C=O) groups is 1. The molecule has 5 heteroatoms. The van der Waals surface area contributed by atoms with E-state index in [9.17, 15) is 4.79 Å². The van der Waals surface area contributed by atoms with Crippen molar-refractivity contribution in [2.45, 2.75) is 19.8 Å². The van der Waals surface area contributed by atoms with Crippen molar-refractivity contribution >= 4 is 11.6 Å². The first-order valence-electron chi connectivity index (χ1n) is 7.66. The summed E-state index contributed by atoms with van der Waals surface area (Å²) in [5, 5.41) is 2.92. The molecule has 116 valence electrons. The molecule has 3 N–H and O–H groups in total. The first kappa shape index (κ1) is 15.8. The van der Waals surface area contributed by atoms with E-state index in [1.165, 1.54) is 0 Å². The van der Waals surface area contributed by atoms with Gasteiger partial charge in [0.1, 0.15) is 5.75 Å². The standard InChI is InChI=1S/C16H25N3O2/c1-2-21-15-5-3-14(4-6-15)18-16(20)12-19-9-7-13(11-17)8-10-19/h3-6,13H,2,7-12,17H2,1H3,(H,18,20). The molecule has 1 fully saturated rings. The van der Waals surface area contributed by atoms with Crippen LogP contribution in [0.5, 0.6) is 5.75 Å². The first-order chi connectivity index (χ1) is 10.2. The summed E-state index contributed by atoms with van der Waals surface area (Å²) < 4.78 is 5.38. The number of piperidine rings is 1. The molecule has 1 aromatic rings. The van der Waals surface area contributed by atoms with Gasteiger partial charge >= 0.3 is 0 Å². The Morgan fingerprint density at radius 2 is 2.00 bits per heavy atom. The SMILES string of the molecule is CCOc1ccc(NC(=O)CN2CCC(CN)CC2)cc1. The molecule has 2 rings (SSSR count). The molecule has 1 amide bonds. The maximum atomic E-state index is 12.0. The highest BCUT2D eigenvalue weighted by molar-refractivity contribution is 5.92. The minimum Gasteiger partial charge on any atom is -0.494 e. The van der Waals surface area contributed by atoms with Crippen molar-refractivity contribution in [1.29, 1.82) is 0 Å². The minimum absolute atomic E-state index is 0.0327. The molecule has 0 atom stereocenters. The number of hydrogen-bond donors (Lipinski definition) is 2. The predicted octanol–water partition coefficient (Wildman–Crippen LogP) is 1.69. The van der Waals surface area contributed by atoms with Crippen molar-refractivity contribution in [2.24, 2.45) is 11.7 Å². The van der Waals surface area contributed by atoms with Crippen molar-refractivity contribution in [1.82, 2.24) is 4.90 Å². The second-order valence-corrected chi connectivity index (χ2v) is 5.46. The second kappa shape index (κ2) is 8.00. The Labute approximate surface area is 126 Å². The summed E-state index contributed by atoms with van der Waals surface area (Å²) in [4.78, 5) is 14.2. The van der Waals surface area contributed by atoms with E-state index in [2.05, 4.69) is 10.2 Å². The predicted molar refractivity (Wildman–Crippen MR) is 84.5 cm³/mol. The van der Waals surface area contributed by atoms with E-state index in [1.807, 2.05) is 31.2 Å². The molecule has 0 spiro atoms. The fraction of sp³-hybridized carbons (Fsp3) is 0.562. The van der Waals surface area contributed by atoms with Crippen LogP contribution in [0.2, 0.25) is 0 Å². The number of nitrogens with zero attached hydrogens (tertiary/aromatic N) is 1. The molecule has 0 aliphatic carbocycles. The van der Waals surface area contributed by atoms with E-state index >= 15 is 0 Å². The highest BCUT2D eigenvalue weighted by Gasteiger charge is 2.19. The molecule has 1 heterocycles. The summed E-state index contributed by atoms with van der Waals surface area (Å²) in [6.07, 6.45) is 2.18. The minimum atomic E-state index is 0.0327. The third-order valence-corrected chi connectivity index (χ3v) is 3.86. The van der Waals surface area contributed by atoms with Gasteiger partial charge in [0.05, 0.1) is 13.2 Å². The number of hydrogen-bond acceptors (Lipinski definition) is 4. The summed E-state index contributed by atoms with van der Waals surface area (Å²) in [7, 11) is 0. The molecule has 1 aliphatic heterocycles. The van der Waals surface area contributed by atoms with Gasteiger partial charge in [-0.25, -0.2) is 0 Å². The number of nitrogens with two attached hydrogens (primary N) is 1. The van der Waals surface area contributed by atoms with Gasteiger partial charge in [-0.05, 0) is 69.6 Å². The number of likely N-dealkylation sites (tertiary alicyclic amines) is 1. The van der Waals surface area contributed by atoms with Crippen LogP contribution in [-0.2, 0) is 4.79 Å². The van der Waals surface area contributed by atoms with Crippen LogP contribution in [-0.4, -0.2) is 43.6 Å². The van der Waals surface area contributed by atoms with Gasteiger partial charge in [-0.2, -0.15) is 0 Å². The van der Waals surface area contributed by atoms with Crippen molar-refractivity contribution < 1.29 is 9.53 Å². The summed E-state index contributed by atoms with van der Waals surface area (Å²) in [6, 6.07) is 7.46. The molecular weight excluding hydrogens is 266 g/mol. The molecule has 1 aliphatic rings. The van der Waals surface area contributed by atoms with Gasteiger partial charge in [-0.1, -0.05) is 0 Å². The Kier molecular flexibility index (Phi) is 6.02. The smallest absolute Gasteiger partial charge is 0.238 e. The van der Waals surface area contributed by atoms with Crippen LogP contribution in [0.25, 0.3) is 0 Å². The van der Waals surface area contributed by atoms with Crippen LogP contribution in [0, 0.1) is 5.92 Å². The van der Waals surface area contributed by atoms with Gasteiger partial charge in [0.2, 0.25) is 5.91 Å². The Morgan fingerprint density at radius 3 is 2.57 bits per heavy atom. The zero-order valence-electron chi connectivity index (χ0n) is 12.7. The number of ether oxygens (including phenoxy) is 1. The van der Waals surface area contributed by atoms with Crippen LogP contribution in [0.15, 0.2) is 24.3 Å². The van der Waals surface area contributed by atoms with E-state index in [-0.39, 0.29) is 5.91 Å². The molecule has 5 nitrogen and oxygen atoms in total. The average molecular weight is 291 g/mol. The summed E-state index contributed by atoms with van der Waals surface area (Å²) >= 11 is 0. The van der Waals surface area contributed by atoms with Gasteiger partial charge < -0.3 is 15.8 Å². The molecule has 0 bridgehead atoms. The maximum Gasteiger partial charge on any atom is 0.238 e. The topological polar surface area (TPSA) is 67.6 Å². The molecule has 1 aromatic carbocycles. The van der Waals surface area contributed by atoms with Crippen LogP contribution < -0.4 is 15.8 Å². The number of benzene rings is 1. The third-order valence-electron chi connectivity index (χ3n) is 3.86. The molecule has 21 heavy (non-hydrogen) atoms. The van der Waals surface area contributed by atoms with Crippen LogP contribution in [0.3, 0.4) is 0 Å². The van der Waals surface area contributed by atoms with Crippen molar-refractivity contribution in [3.63, 3.8) is 0 Å². The first-order valence-corrected chi connectivity index (χ1v) is 7.66. The summed E-state index contributed by atoms with van der Waals surface area (Å²) in [5.41, 5.74) is 6.48. The molecular formula is C16H25N3O2. The van der Waals surface area contributed by atoms with Crippen LogP contribution >= 0.6 is 0 Å². The van der Waals surface area contributed by atoms with Gasteiger partial charge in [0.15, 0.2) is 0 Å². The summed E-state index contributed by atoms with van der Waals surface area (Å²) in [5.74, 6) is 1.47. The van der Waals surface area contributed by atoms with Crippen molar-refractivity contribution in [2.75, 3.05) is 38.1 Å². The zero-order chi connectivity index (χ0) is 15.1. The van der Waals surface area contributed by atoms with Gasteiger partial charge in [-0.3, -0.25) is 9.69 Å². The highest BCUT2D eigenvalue weighted by Crippen LogP contribution is 2.17. The van der Waals surface area contributed by atoms with Crippen molar-refractivity contribution in [3.05, 3.63) is 24.3 Å². The van der Waals surface area contributed by atoms with E-state index in [4.69, 9.17) is 10.5 Å².